The molecule has 0 radical (unpaired) electrons. The summed E-state index contributed by atoms with van der Waals surface area (Å²) in [6.45, 7) is 14.6. The second-order valence-electron chi connectivity index (χ2n) is 11.1. The van der Waals surface area contributed by atoms with Crippen molar-refractivity contribution in [3.8, 4) is 0 Å². The molecule has 0 aliphatic carbocycles. The normalized spacial score (nSPS) is 17.5. The van der Waals surface area contributed by atoms with Crippen molar-refractivity contribution in [2.45, 2.75) is 52.1 Å². The quantitative estimate of drug-likeness (QED) is 0.303. The van der Waals surface area contributed by atoms with Gasteiger partial charge in [-0.3, -0.25) is 9.69 Å². The molecule has 1 aromatic carbocycles. The molecule has 0 unspecified atom stereocenters. The zero-order valence-corrected chi connectivity index (χ0v) is 24.5. The molecular weight excluding hydrogens is 518 g/mol. The van der Waals surface area contributed by atoms with E-state index in [2.05, 4.69) is 51.6 Å². The number of nitrogens with one attached hydrogen (secondary N) is 3. The number of piperazine rings is 1. The molecule has 1 amide bonds. The average molecular weight is 562 g/mol. The Labute approximate surface area is 242 Å². The van der Waals surface area contributed by atoms with Gasteiger partial charge in [-0.2, -0.15) is 19.6 Å². The van der Waals surface area contributed by atoms with Crippen LogP contribution in [0.3, 0.4) is 0 Å². The fourth-order valence-corrected chi connectivity index (χ4v) is 5.23. The van der Waals surface area contributed by atoms with Gasteiger partial charge < -0.3 is 25.6 Å². The van der Waals surface area contributed by atoms with Crippen molar-refractivity contribution in [2.75, 3.05) is 68.4 Å². The largest absolute Gasteiger partial charge is 0.381 e. The molecule has 2 aliphatic heterocycles. The second-order valence-corrected chi connectivity index (χ2v) is 11.1. The van der Waals surface area contributed by atoms with E-state index in [1.165, 1.54) is 0 Å². The first-order valence-corrected chi connectivity index (χ1v) is 14.8. The minimum absolute atomic E-state index is 0.124. The Balaban J connectivity index is 1.21. The van der Waals surface area contributed by atoms with Gasteiger partial charge >= 0.3 is 0 Å². The van der Waals surface area contributed by atoms with Gasteiger partial charge in [-0.05, 0) is 43.0 Å². The van der Waals surface area contributed by atoms with Gasteiger partial charge in [-0.15, -0.1) is 0 Å². The lowest BCUT2D eigenvalue weighted by atomic mass is 10.1. The number of carbonyl (C=O) groups is 1. The fourth-order valence-electron chi connectivity index (χ4n) is 5.23. The summed E-state index contributed by atoms with van der Waals surface area (Å²) in [5.41, 5.74) is 3.65. The molecule has 11 nitrogen and oxygen atoms in total. The van der Waals surface area contributed by atoms with Crippen LogP contribution < -0.4 is 16.0 Å². The highest BCUT2D eigenvalue weighted by atomic mass is 16.5. The Hall–Kier alpha value is -3.54. The molecule has 0 saturated carbocycles. The molecule has 0 spiro atoms. The third-order valence-corrected chi connectivity index (χ3v) is 7.76. The van der Waals surface area contributed by atoms with Crippen LogP contribution in [0.25, 0.3) is 5.65 Å². The van der Waals surface area contributed by atoms with E-state index in [1.807, 2.05) is 36.5 Å². The Morgan fingerprint density at radius 2 is 1.90 bits per heavy atom. The Kier molecular flexibility index (Phi) is 9.81. The lowest BCUT2D eigenvalue weighted by Crippen LogP contribution is -2.46. The van der Waals surface area contributed by atoms with Gasteiger partial charge in [0.05, 0.1) is 6.20 Å². The maximum absolute atomic E-state index is 12.6. The first-order chi connectivity index (χ1) is 20.0. The van der Waals surface area contributed by atoms with E-state index in [4.69, 9.17) is 14.7 Å². The van der Waals surface area contributed by atoms with E-state index >= 15 is 0 Å². The summed E-state index contributed by atoms with van der Waals surface area (Å²) < 4.78 is 7.27. The summed E-state index contributed by atoms with van der Waals surface area (Å²) in [5, 5.41) is 14.5. The van der Waals surface area contributed by atoms with Crippen molar-refractivity contribution in [3.05, 3.63) is 53.7 Å². The van der Waals surface area contributed by atoms with Crippen molar-refractivity contribution in [2.24, 2.45) is 0 Å². The van der Waals surface area contributed by atoms with Crippen molar-refractivity contribution in [1.29, 1.82) is 0 Å². The third-order valence-electron chi connectivity index (χ3n) is 7.76. The topological polar surface area (TPSA) is 112 Å². The molecular formula is C30H43N9O2. The maximum atomic E-state index is 12.6. The lowest BCUT2D eigenvalue weighted by molar-refractivity contribution is -0.111. The number of benzene rings is 1. The van der Waals surface area contributed by atoms with Crippen LogP contribution in [0.4, 0.5) is 17.6 Å². The molecule has 2 aromatic heterocycles. The summed E-state index contributed by atoms with van der Waals surface area (Å²) in [6, 6.07) is 8.13. The molecule has 5 rings (SSSR count). The molecule has 0 atom stereocenters. The molecule has 41 heavy (non-hydrogen) atoms. The van der Waals surface area contributed by atoms with Gasteiger partial charge in [0.2, 0.25) is 17.8 Å². The zero-order chi connectivity index (χ0) is 28.6. The first-order valence-electron chi connectivity index (χ1n) is 14.8. The van der Waals surface area contributed by atoms with Crippen LogP contribution in [-0.4, -0.2) is 93.8 Å². The third kappa shape index (κ3) is 7.81. The summed E-state index contributed by atoms with van der Waals surface area (Å²) in [4.78, 5) is 27.0. The number of hydrogen-bond donors (Lipinski definition) is 3. The number of rotatable bonds is 11. The van der Waals surface area contributed by atoms with Gasteiger partial charge in [0, 0.05) is 75.9 Å². The molecule has 4 heterocycles. The number of amides is 1. The summed E-state index contributed by atoms with van der Waals surface area (Å²) in [5.74, 6) is 1.37. The molecule has 11 heteroatoms. The minimum Gasteiger partial charge on any atom is -0.381 e. The van der Waals surface area contributed by atoms with E-state index in [9.17, 15) is 4.79 Å². The van der Waals surface area contributed by atoms with E-state index in [0.29, 0.717) is 18.4 Å². The van der Waals surface area contributed by atoms with Gasteiger partial charge in [-0.25, -0.2) is 0 Å². The summed E-state index contributed by atoms with van der Waals surface area (Å²) in [6.07, 6.45) is 7.30. The molecule has 2 fully saturated rings. The highest BCUT2D eigenvalue weighted by Gasteiger charge is 2.19. The van der Waals surface area contributed by atoms with E-state index in [0.717, 1.165) is 87.8 Å². The van der Waals surface area contributed by atoms with Crippen LogP contribution in [0, 0.1) is 0 Å². The Bertz CT molecular complexity index is 1320. The van der Waals surface area contributed by atoms with Crippen molar-refractivity contribution in [1.82, 2.24) is 29.4 Å². The highest BCUT2D eigenvalue weighted by Crippen LogP contribution is 2.23. The van der Waals surface area contributed by atoms with Crippen molar-refractivity contribution in [3.63, 3.8) is 0 Å². The van der Waals surface area contributed by atoms with E-state index in [-0.39, 0.29) is 17.9 Å². The van der Waals surface area contributed by atoms with Crippen LogP contribution in [-0.2, 0) is 16.1 Å². The Morgan fingerprint density at radius 1 is 1.12 bits per heavy atom. The summed E-state index contributed by atoms with van der Waals surface area (Å²) >= 11 is 0. The molecule has 220 valence electrons. The molecule has 0 bridgehead atoms. The SMILES string of the molecule is CCN1CCN(CC=CC(=O)Nc2cccc(CNc3nc(NC4CCOCC4)nc4c(C(C)C)cnn34)c2)CC1. The first kappa shape index (κ1) is 29.0. The average Bonchev–Trinajstić information content (AvgIpc) is 3.42. The predicted molar refractivity (Wildman–Crippen MR) is 162 cm³/mol. The van der Waals surface area contributed by atoms with Crippen LogP contribution in [0.1, 0.15) is 50.7 Å². The number of likely N-dealkylation sites (N-methyl/N-ethyl adjacent to an activating group) is 1. The van der Waals surface area contributed by atoms with Crippen LogP contribution in [0.15, 0.2) is 42.6 Å². The Morgan fingerprint density at radius 3 is 2.66 bits per heavy atom. The number of hydrogen-bond acceptors (Lipinski definition) is 9. The lowest BCUT2D eigenvalue weighted by Gasteiger charge is -2.33. The second kappa shape index (κ2) is 13.9. The molecule has 2 aliphatic rings. The fraction of sp³-hybridized carbons (Fsp3) is 0.533. The van der Waals surface area contributed by atoms with Crippen molar-refractivity contribution >= 4 is 29.1 Å². The highest BCUT2D eigenvalue weighted by molar-refractivity contribution is 5.99. The van der Waals surface area contributed by atoms with Crippen molar-refractivity contribution < 1.29 is 9.53 Å². The monoisotopic (exact) mass is 561 g/mol. The molecule has 2 saturated heterocycles. The van der Waals surface area contributed by atoms with Gasteiger partial charge in [0.25, 0.3) is 0 Å². The minimum atomic E-state index is -0.124. The number of aromatic nitrogens is 4. The standard InChI is InChI=1S/C30H43N9O2/c1-4-37-13-15-38(16-14-37)12-6-9-27(40)33-25-8-5-7-23(19-25)20-31-30-36-29(34-24-10-17-41-18-11-24)35-28-26(22(2)3)21-32-39(28)30/h5-9,19,21-22,24H,4,10-18,20H2,1-3H3,(H,33,40)(H2,31,34,35,36). The predicted octanol–water partition coefficient (Wildman–Crippen LogP) is 3.58. The number of anilines is 3. The van der Waals surface area contributed by atoms with Crippen LogP contribution >= 0.6 is 0 Å². The zero-order valence-electron chi connectivity index (χ0n) is 24.5. The van der Waals surface area contributed by atoms with Gasteiger partial charge in [0.1, 0.15) is 0 Å². The van der Waals surface area contributed by atoms with E-state index in [1.54, 1.807) is 10.6 Å². The van der Waals surface area contributed by atoms with E-state index < -0.39 is 0 Å². The van der Waals surface area contributed by atoms with Gasteiger partial charge in [0.15, 0.2) is 5.65 Å². The number of nitrogens with zero attached hydrogens (tertiary/aromatic N) is 6. The van der Waals surface area contributed by atoms with Gasteiger partial charge in [-0.1, -0.05) is 39.0 Å². The molecule has 3 N–H and O–H groups in total. The van der Waals surface area contributed by atoms with Crippen LogP contribution in [0.5, 0.6) is 0 Å². The van der Waals surface area contributed by atoms with Crippen LogP contribution in [0.2, 0.25) is 0 Å². The maximum Gasteiger partial charge on any atom is 0.248 e. The number of fused-ring (bicyclic) bond motifs is 1. The number of ether oxygens (including phenoxy) is 1. The smallest absolute Gasteiger partial charge is 0.248 e. The summed E-state index contributed by atoms with van der Waals surface area (Å²) in [7, 11) is 0. The number of carbonyl (C=O) groups excluding carboxylic acids is 1. The molecule has 3 aromatic rings.